The van der Waals surface area contributed by atoms with Crippen molar-refractivity contribution in [1.82, 2.24) is 9.97 Å². The van der Waals surface area contributed by atoms with Crippen LogP contribution in [0.2, 0.25) is 0 Å². The van der Waals surface area contributed by atoms with Crippen LogP contribution >= 0.6 is 0 Å². The summed E-state index contributed by atoms with van der Waals surface area (Å²) in [6, 6.07) is -0.434. The third-order valence-corrected chi connectivity index (χ3v) is 5.93. The fourth-order valence-corrected chi connectivity index (χ4v) is 4.06. The van der Waals surface area contributed by atoms with Gasteiger partial charge >= 0.3 is 6.18 Å². The molecule has 3 heterocycles. The van der Waals surface area contributed by atoms with E-state index in [1.165, 1.54) is 10.9 Å². The molecule has 32 heavy (non-hydrogen) atoms. The minimum absolute atomic E-state index is 0.0866. The van der Waals surface area contributed by atoms with Gasteiger partial charge in [0.05, 0.1) is 11.8 Å². The molecule has 0 bridgehead atoms. The highest BCUT2D eigenvalue weighted by Crippen LogP contribution is 2.35. The van der Waals surface area contributed by atoms with Gasteiger partial charge in [0.1, 0.15) is 11.7 Å². The molecular formula is C20H25F3N7O2+. The largest absolute Gasteiger partial charge is 0.439 e. The highest BCUT2D eigenvalue weighted by molar-refractivity contribution is 6.03. The van der Waals surface area contributed by atoms with Crippen LogP contribution in [-0.4, -0.2) is 71.0 Å². The topological polar surface area (TPSA) is 94.8 Å². The van der Waals surface area contributed by atoms with E-state index < -0.39 is 17.9 Å². The van der Waals surface area contributed by atoms with Crippen LogP contribution < -0.4 is 15.5 Å². The van der Waals surface area contributed by atoms with E-state index in [4.69, 9.17) is 4.74 Å². The Morgan fingerprint density at radius 3 is 2.72 bits per heavy atom. The molecule has 1 amide bonds. The molecule has 3 aliphatic rings. The predicted octanol–water partition coefficient (Wildman–Crippen LogP) is 2.30. The van der Waals surface area contributed by atoms with Gasteiger partial charge in [-0.25, -0.2) is 4.98 Å². The average Bonchev–Trinajstić information content (AvgIpc) is 3.16. The third kappa shape index (κ3) is 4.18. The Morgan fingerprint density at radius 2 is 2.09 bits per heavy atom. The number of anilines is 3. The molecule has 1 aromatic heterocycles. The Hall–Kier alpha value is -3.02. The second-order valence-electron chi connectivity index (χ2n) is 8.22. The summed E-state index contributed by atoms with van der Waals surface area (Å²) in [5, 5.41) is 9.71. The van der Waals surface area contributed by atoms with E-state index in [-0.39, 0.29) is 24.0 Å². The van der Waals surface area contributed by atoms with Crippen molar-refractivity contribution < 1.29 is 27.4 Å². The lowest BCUT2D eigenvalue weighted by Gasteiger charge is -2.37. The molecule has 12 heteroatoms. The molecule has 2 atom stereocenters. The van der Waals surface area contributed by atoms with Crippen molar-refractivity contribution in [2.24, 2.45) is 11.0 Å². The number of allylic oxidation sites excluding steroid dienone is 1. The number of methoxy groups -OCH3 is 1. The number of ether oxygens (including phenoxy) is 1. The second-order valence-corrected chi connectivity index (χ2v) is 8.22. The molecule has 0 radical (unpaired) electrons. The molecular weight excluding hydrogens is 427 g/mol. The Morgan fingerprint density at radius 1 is 1.38 bits per heavy atom. The van der Waals surface area contributed by atoms with Crippen LogP contribution in [0.15, 0.2) is 17.4 Å². The molecule has 0 spiro atoms. The molecule has 4 rings (SSSR count). The Balaban J connectivity index is 1.42. The lowest BCUT2D eigenvalue weighted by molar-refractivity contribution is -0.456. The van der Waals surface area contributed by atoms with Crippen LogP contribution in [0.4, 0.5) is 30.6 Å². The highest BCUT2D eigenvalue weighted by Gasteiger charge is 2.40. The average molecular weight is 452 g/mol. The number of carbonyl (C=O) groups is 1. The molecule has 9 nitrogen and oxygen atoms in total. The Labute approximate surface area is 183 Å². The molecule has 0 aromatic carbocycles. The number of aryl methyl sites for hydroxylation is 1. The fraction of sp³-hybridized carbons (Fsp3) is 0.550. The standard InChI is InChI=1S/C20H24F3N7O2/c1-10-15-17(29(3)16(11(2)32-4)18(31)26-15)27-19(24-10)25-13-7-12(8-13)9-30-6-5-14(28-30)20(21,22)23/h5-6,9,11-13,16H,7-8H2,1-4H3,(H-,24,25,26,27,31)/p+1/b30-9+/t11-,12?,13?,16+/m1/s1. The van der Waals surface area contributed by atoms with Crippen molar-refractivity contribution in [3.63, 3.8) is 0 Å². The molecule has 1 aromatic rings. The van der Waals surface area contributed by atoms with E-state index in [1.54, 1.807) is 32.2 Å². The van der Waals surface area contributed by atoms with Crippen molar-refractivity contribution in [3.05, 3.63) is 18.0 Å². The summed E-state index contributed by atoms with van der Waals surface area (Å²) in [5.41, 5.74) is 0.305. The fourth-order valence-electron chi connectivity index (χ4n) is 4.06. The number of likely N-dealkylation sites (N-methyl/N-ethyl adjacent to an activating group) is 1. The smallest absolute Gasteiger partial charge is 0.379 e. The van der Waals surface area contributed by atoms with Crippen LogP contribution in [0.25, 0.3) is 0 Å². The summed E-state index contributed by atoms with van der Waals surface area (Å²) >= 11 is 0. The maximum absolute atomic E-state index is 12.7. The van der Waals surface area contributed by atoms with Gasteiger partial charge in [-0.2, -0.15) is 18.2 Å². The number of fused-ring (bicyclic) bond motifs is 1. The summed E-state index contributed by atoms with van der Waals surface area (Å²) in [6.07, 6.45) is 0.613. The zero-order chi connectivity index (χ0) is 23.2. The van der Waals surface area contributed by atoms with Gasteiger partial charge in [0.15, 0.2) is 12.0 Å². The first kappa shape index (κ1) is 22.2. The molecule has 172 valence electrons. The van der Waals surface area contributed by atoms with Gasteiger partial charge in [0, 0.05) is 37.3 Å². The lowest BCUT2D eigenvalue weighted by atomic mass is 9.81. The van der Waals surface area contributed by atoms with Crippen LogP contribution in [0.3, 0.4) is 0 Å². The molecule has 2 aliphatic heterocycles. The molecule has 0 saturated heterocycles. The maximum Gasteiger partial charge on any atom is 0.439 e. The monoisotopic (exact) mass is 452 g/mol. The molecule has 1 aliphatic carbocycles. The zero-order valence-corrected chi connectivity index (χ0v) is 18.1. The predicted molar refractivity (Wildman–Crippen MR) is 113 cm³/mol. The van der Waals surface area contributed by atoms with E-state index in [2.05, 4.69) is 25.7 Å². The van der Waals surface area contributed by atoms with E-state index >= 15 is 0 Å². The number of hydrazone groups is 1. The number of carbonyl (C=O) groups excluding carboxylic acids is 1. The molecule has 1 fully saturated rings. The number of alkyl halides is 3. The highest BCUT2D eigenvalue weighted by atomic mass is 19.4. The van der Waals surface area contributed by atoms with Crippen LogP contribution in [0.5, 0.6) is 0 Å². The molecule has 2 N–H and O–H groups in total. The number of hydrogen-bond donors (Lipinski definition) is 2. The Bertz CT molecular complexity index is 1020. The molecule has 1 saturated carbocycles. The SMILES string of the molecule is CO[C@H](C)[C@H]1C(=O)Nc2c(C)nc(NC3CC(/C=[N+]4\C=CC(C(F)(F)F)=N4)C3)nc2N1C. The first-order valence-electron chi connectivity index (χ1n) is 10.3. The minimum atomic E-state index is -4.45. The van der Waals surface area contributed by atoms with E-state index in [0.29, 0.717) is 23.1 Å². The normalized spacial score (nSPS) is 27.0. The van der Waals surface area contributed by atoms with Crippen molar-refractivity contribution >= 4 is 35.3 Å². The van der Waals surface area contributed by atoms with Gasteiger partial charge in [0.2, 0.25) is 23.8 Å². The van der Waals surface area contributed by atoms with E-state index in [1.807, 2.05) is 6.92 Å². The number of nitrogens with zero attached hydrogens (tertiary/aromatic N) is 5. The summed E-state index contributed by atoms with van der Waals surface area (Å²) in [6.45, 7) is 3.62. The number of amides is 1. The number of rotatable bonds is 5. The van der Waals surface area contributed by atoms with Gasteiger partial charge in [-0.1, -0.05) is 4.68 Å². The quantitative estimate of drug-likeness (QED) is 0.666. The number of aromatic nitrogens is 2. The summed E-state index contributed by atoms with van der Waals surface area (Å²) in [7, 11) is 3.35. The van der Waals surface area contributed by atoms with Gasteiger partial charge in [-0.15, -0.1) is 0 Å². The van der Waals surface area contributed by atoms with E-state index in [0.717, 1.165) is 18.9 Å². The summed E-state index contributed by atoms with van der Waals surface area (Å²) in [4.78, 5) is 23.3. The van der Waals surface area contributed by atoms with E-state index in [9.17, 15) is 18.0 Å². The lowest BCUT2D eigenvalue weighted by Crippen LogP contribution is -2.53. The van der Waals surface area contributed by atoms with Crippen LogP contribution in [0.1, 0.15) is 25.5 Å². The van der Waals surface area contributed by atoms with Crippen molar-refractivity contribution in [1.29, 1.82) is 0 Å². The van der Waals surface area contributed by atoms with Gasteiger partial charge in [-0.05, 0) is 26.7 Å². The van der Waals surface area contributed by atoms with Gasteiger partial charge in [0.25, 0.3) is 0 Å². The van der Waals surface area contributed by atoms with Crippen molar-refractivity contribution in [3.8, 4) is 0 Å². The van der Waals surface area contributed by atoms with Crippen molar-refractivity contribution in [2.75, 3.05) is 29.7 Å². The van der Waals surface area contributed by atoms with Gasteiger partial charge in [-0.3, -0.25) is 4.79 Å². The second kappa shape index (κ2) is 8.15. The van der Waals surface area contributed by atoms with Crippen molar-refractivity contribution in [2.45, 2.75) is 51.1 Å². The van der Waals surface area contributed by atoms with Gasteiger partial charge < -0.3 is 20.3 Å². The zero-order valence-electron chi connectivity index (χ0n) is 18.1. The first-order valence-corrected chi connectivity index (χ1v) is 10.3. The van der Waals surface area contributed by atoms with Crippen LogP contribution in [-0.2, 0) is 9.53 Å². The summed E-state index contributed by atoms with van der Waals surface area (Å²) in [5.74, 6) is 0.967. The third-order valence-electron chi connectivity index (χ3n) is 5.93. The summed E-state index contributed by atoms with van der Waals surface area (Å²) < 4.78 is 44.6. The minimum Gasteiger partial charge on any atom is -0.379 e. The number of halogens is 3. The number of nitrogens with one attached hydrogen (secondary N) is 2. The molecule has 0 unspecified atom stereocenters. The van der Waals surface area contributed by atoms with Crippen LogP contribution in [0, 0.1) is 12.8 Å². The number of hydrogen-bond acceptors (Lipinski definition) is 7. The maximum atomic E-state index is 12.7. The first-order chi connectivity index (χ1) is 15.1. The Kier molecular flexibility index (Phi) is 5.65.